The first-order valence-corrected chi connectivity index (χ1v) is 13.3. The van der Waals surface area contributed by atoms with Gasteiger partial charge in [-0.25, -0.2) is 8.42 Å². The Morgan fingerprint density at radius 1 is 1.03 bits per heavy atom. The molecule has 3 aromatic carbocycles. The lowest BCUT2D eigenvalue weighted by Gasteiger charge is -2.13. The second-order valence-electron chi connectivity index (χ2n) is 8.28. The van der Waals surface area contributed by atoms with Crippen LogP contribution in [0.3, 0.4) is 0 Å². The topological polar surface area (TPSA) is 84.5 Å². The molecule has 6 nitrogen and oxygen atoms in total. The van der Waals surface area contributed by atoms with E-state index in [1.807, 2.05) is 44.2 Å². The summed E-state index contributed by atoms with van der Waals surface area (Å²) in [6.07, 6.45) is 1.04. The third-order valence-electron chi connectivity index (χ3n) is 5.57. The van der Waals surface area contributed by atoms with E-state index in [1.165, 1.54) is 17.7 Å². The van der Waals surface area contributed by atoms with Crippen LogP contribution in [0.2, 0.25) is 0 Å². The van der Waals surface area contributed by atoms with Gasteiger partial charge in [-0.05, 0) is 95.7 Å². The molecular weight excluding hydrogens is 516 g/mol. The Balaban J connectivity index is 1.59. The number of hydrogen-bond acceptors (Lipinski definition) is 4. The molecule has 1 unspecified atom stereocenters. The number of nitrogens with one attached hydrogen (secondary N) is 2. The van der Waals surface area contributed by atoms with Crippen LogP contribution in [-0.2, 0) is 14.8 Å². The zero-order valence-corrected chi connectivity index (χ0v) is 22.1. The highest BCUT2D eigenvalue weighted by atomic mass is 79.9. The lowest BCUT2D eigenvalue weighted by molar-refractivity contribution is -0.118. The molecule has 0 aliphatic heterocycles. The first-order chi connectivity index (χ1) is 16.1. The molecule has 3 rings (SSSR count). The molecule has 8 heteroatoms. The van der Waals surface area contributed by atoms with Gasteiger partial charge in [0.2, 0.25) is 0 Å². The molecule has 0 saturated heterocycles. The monoisotopic (exact) mass is 544 g/mol. The maximum Gasteiger partial charge on any atom is 0.262 e. The number of aryl methyl sites for hydroxylation is 2. The molecule has 0 radical (unpaired) electrons. The summed E-state index contributed by atoms with van der Waals surface area (Å²) in [4.78, 5) is 12.4. The first-order valence-electron chi connectivity index (χ1n) is 11.0. The number of hydrogen-bond donors (Lipinski definition) is 2. The lowest BCUT2D eigenvalue weighted by Crippen LogP contribution is -2.20. The fourth-order valence-electron chi connectivity index (χ4n) is 3.37. The van der Waals surface area contributed by atoms with Gasteiger partial charge < -0.3 is 10.1 Å². The molecule has 1 amide bonds. The quantitative estimate of drug-likeness (QED) is 0.326. The molecular formula is C26H29BrN2O4S. The molecule has 180 valence electrons. The van der Waals surface area contributed by atoms with E-state index in [1.54, 1.807) is 18.2 Å². The average molecular weight is 545 g/mol. The van der Waals surface area contributed by atoms with Crippen LogP contribution in [0, 0.1) is 13.8 Å². The summed E-state index contributed by atoms with van der Waals surface area (Å²) in [6, 6.07) is 17.4. The molecule has 0 bridgehead atoms. The fourth-order valence-corrected chi connectivity index (χ4v) is 5.01. The highest BCUT2D eigenvalue weighted by Crippen LogP contribution is 2.30. The van der Waals surface area contributed by atoms with Crippen molar-refractivity contribution >= 4 is 43.2 Å². The van der Waals surface area contributed by atoms with Crippen LogP contribution in [0.15, 0.2) is 70.0 Å². The summed E-state index contributed by atoms with van der Waals surface area (Å²) in [5.74, 6) is 0.680. The molecule has 0 saturated carbocycles. The van der Waals surface area contributed by atoms with Gasteiger partial charge in [0.15, 0.2) is 6.61 Å². The van der Waals surface area contributed by atoms with Gasteiger partial charge in [0, 0.05) is 5.69 Å². The second kappa shape index (κ2) is 11.1. The number of rotatable bonds is 9. The molecule has 0 heterocycles. The predicted molar refractivity (Wildman–Crippen MR) is 140 cm³/mol. The number of ether oxygens (including phenoxy) is 1. The summed E-state index contributed by atoms with van der Waals surface area (Å²) in [5.41, 5.74) is 4.11. The van der Waals surface area contributed by atoms with Gasteiger partial charge in [0.1, 0.15) is 5.75 Å². The van der Waals surface area contributed by atoms with Crippen molar-refractivity contribution in [3.05, 3.63) is 81.8 Å². The Hall–Kier alpha value is -2.84. The van der Waals surface area contributed by atoms with Crippen LogP contribution in [-0.4, -0.2) is 20.9 Å². The Morgan fingerprint density at radius 2 is 1.74 bits per heavy atom. The largest absolute Gasteiger partial charge is 0.483 e. The van der Waals surface area contributed by atoms with Gasteiger partial charge >= 0.3 is 0 Å². The molecule has 0 fully saturated rings. The van der Waals surface area contributed by atoms with Crippen molar-refractivity contribution in [3.8, 4) is 5.75 Å². The fraction of sp³-hybridized carbons (Fsp3) is 0.269. The van der Waals surface area contributed by atoms with Crippen molar-refractivity contribution in [2.24, 2.45) is 0 Å². The summed E-state index contributed by atoms with van der Waals surface area (Å²) < 4.78 is 34.5. The van der Waals surface area contributed by atoms with Crippen molar-refractivity contribution in [1.82, 2.24) is 0 Å². The summed E-state index contributed by atoms with van der Waals surface area (Å²) in [5, 5.41) is 2.72. The van der Waals surface area contributed by atoms with Crippen LogP contribution in [0.25, 0.3) is 0 Å². The number of carbonyl (C=O) groups excluding carboxylic acids is 1. The number of amides is 1. The van der Waals surface area contributed by atoms with E-state index in [0.29, 0.717) is 23.0 Å². The Morgan fingerprint density at radius 3 is 2.35 bits per heavy atom. The predicted octanol–water partition coefficient (Wildman–Crippen LogP) is 6.40. The van der Waals surface area contributed by atoms with Crippen LogP contribution in [0.4, 0.5) is 11.4 Å². The standard InChI is InChI=1S/C26H29BrN2O4S/c1-5-18(3)20-7-13-25(23(27)15-20)33-16-26(30)28-21-8-10-22(11-9-21)34(31,32)29-24-12-6-17(2)14-19(24)4/h6-15,18,29H,5,16H2,1-4H3,(H,28,30). The van der Waals surface area contributed by atoms with Gasteiger partial charge in [-0.2, -0.15) is 0 Å². The van der Waals surface area contributed by atoms with E-state index in [2.05, 4.69) is 39.8 Å². The molecule has 0 aromatic heterocycles. The Kier molecular flexibility index (Phi) is 8.38. The minimum absolute atomic E-state index is 0.104. The third-order valence-corrected chi connectivity index (χ3v) is 7.57. The van der Waals surface area contributed by atoms with Crippen molar-refractivity contribution in [2.45, 2.75) is 44.9 Å². The molecule has 34 heavy (non-hydrogen) atoms. The summed E-state index contributed by atoms with van der Waals surface area (Å²) >= 11 is 3.50. The zero-order valence-electron chi connectivity index (χ0n) is 19.7. The maximum absolute atomic E-state index is 12.7. The van der Waals surface area contributed by atoms with Crippen LogP contribution in [0.5, 0.6) is 5.75 Å². The number of sulfonamides is 1. The molecule has 1 atom stereocenters. The number of anilines is 2. The number of carbonyl (C=O) groups is 1. The molecule has 0 spiro atoms. The summed E-state index contributed by atoms with van der Waals surface area (Å²) in [6.45, 7) is 7.92. The molecule has 0 aliphatic carbocycles. The SMILES string of the molecule is CCC(C)c1ccc(OCC(=O)Nc2ccc(S(=O)(=O)Nc3ccc(C)cc3C)cc2)c(Br)c1. The van der Waals surface area contributed by atoms with Crippen molar-refractivity contribution in [3.63, 3.8) is 0 Å². The second-order valence-corrected chi connectivity index (χ2v) is 10.8. The van der Waals surface area contributed by atoms with Gasteiger partial charge in [-0.3, -0.25) is 9.52 Å². The van der Waals surface area contributed by atoms with E-state index < -0.39 is 10.0 Å². The Bertz CT molecular complexity index is 1270. The van der Waals surface area contributed by atoms with E-state index >= 15 is 0 Å². The maximum atomic E-state index is 12.7. The van der Waals surface area contributed by atoms with Crippen molar-refractivity contribution in [2.75, 3.05) is 16.6 Å². The van der Waals surface area contributed by atoms with Gasteiger partial charge in [0.25, 0.3) is 15.9 Å². The van der Waals surface area contributed by atoms with Crippen molar-refractivity contribution in [1.29, 1.82) is 0 Å². The van der Waals surface area contributed by atoms with E-state index in [9.17, 15) is 13.2 Å². The van der Waals surface area contributed by atoms with Crippen LogP contribution < -0.4 is 14.8 Å². The minimum atomic E-state index is -3.75. The third kappa shape index (κ3) is 6.61. The highest BCUT2D eigenvalue weighted by molar-refractivity contribution is 9.10. The molecule has 3 aromatic rings. The van der Waals surface area contributed by atoms with E-state index in [4.69, 9.17) is 4.74 Å². The summed E-state index contributed by atoms with van der Waals surface area (Å²) in [7, 11) is -3.75. The zero-order chi connectivity index (χ0) is 24.9. The average Bonchev–Trinajstić information content (AvgIpc) is 2.80. The van der Waals surface area contributed by atoms with E-state index in [-0.39, 0.29) is 17.4 Å². The van der Waals surface area contributed by atoms with Gasteiger partial charge in [0.05, 0.1) is 15.1 Å². The normalized spacial score (nSPS) is 12.1. The van der Waals surface area contributed by atoms with Crippen LogP contribution >= 0.6 is 15.9 Å². The smallest absolute Gasteiger partial charge is 0.262 e. The molecule has 0 aliphatic rings. The lowest BCUT2D eigenvalue weighted by atomic mass is 9.99. The Labute approximate surface area is 209 Å². The highest BCUT2D eigenvalue weighted by Gasteiger charge is 2.16. The van der Waals surface area contributed by atoms with Gasteiger partial charge in [-0.1, -0.05) is 37.6 Å². The molecule has 2 N–H and O–H groups in total. The van der Waals surface area contributed by atoms with Gasteiger partial charge in [-0.15, -0.1) is 0 Å². The minimum Gasteiger partial charge on any atom is -0.483 e. The van der Waals surface area contributed by atoms with Crippen LogP contribution in [0.1, 0.15) is 42.9 Å². The number of halogens is 1. The number of benzene rings is 3. The van der Waals surface area contributed by atoms with E-state index in [0.717, 1.165) is 22.0 Å². The van der Waals surface area contributed by atoms with Crippen molar-refractivity contribution < 1.29 is 17.9 Å². The first kappa shape index (κ1) is 25.8.